The summed E-state index contributed by atoms with van der Waals surface area (Å²) in [5.41, 5.74) is 2.27. The molecule has 88 valence electrons. The second-order valence-electron chi connectivity index (χ2n) is 3.76. The van der Waals surface area contributed by atoms with Gasteiger partial charge in [-0.1, -0.05) is 6.92 Å². The lowest BCUT2D eigenvalue weighted by Gasteiger charge is -2.00. The second-order valence-corrected chi connectivity index (χ2v) is 3.76. The minimum absolute atomic E-state index is 0.670. The largest absolute Gasteiger partial charge is 0.340 e. The minimum Gasteiger partial charge on any atom is -0.340 e. The molecule has 0 aliphatic carbocycles. The van der Waals surface area contributed by atoms with E-state index in [0.29, 0.717) is 5.65 Å². The van der Waals surface area contributed by atoms with E-state index in [1.165, 1.54) is 0 Å². The first-order valence-corrected chi connectivity index (χ1v) is 5.62. The molecule has 0 fully saturated rings. The van der Waals surface area contributed by atoms with E-state index in [2.05, 4.69) is 37.4 Å². The van der Waals surface area contributed by atoms with E-state index >= 15 is 0 Å². The van der Waals surface area contributed by atoms with Crippen molar-refractivity contribution < 1.29 is 0 Å². The lowest BCUT2D eigenvalue weighted by atomic mass is 10.4. The van der Waals surface area contributed by atoms with E-state index < -0.39 is 0 Å². The molecular weight excluding hydrogens is 218 g/mol. The fraction of sp³-hybridized carbons (Fsp3) is 0.400. The lowest BCUT2D eigenvalue weighted by Crippen LogP contribution is -2.17. The van der Waals surface area contributed by atoms with Crippen molar-refractivity contribution in [1.29, 1.82) is 0 Å². The van der Waals surface area contributed by atoms with Crippen molar-refractivity contribution in [2.75, 3.05) is 13.1 Å². The van der Waals surface area contributed by atoms with Crippen LogP contribution >= 0.6 is 0 Å². The van der Waals surface area contributed by atoms with Crippen LogP contribution in [0, 0.1) is 0 Å². The van der Waals surface area contributed by atoms with Gasteiger partial charge in [0.2, 0.25) is 0 Å². The molecule has 0 saturated heterocycles. The highest BCUT2D eigenvalue weighted by Gasteiger charge is 2.10. The number of nitrogens with one attached hydrogen (secondary N) is 2. The van der Waals surface area contributed by atoms with Gasteiger partial charge in [-0.15, -0.1) is 10.2 Å². The van der Waals surface area contributed by atoms with Crippen LogP contribution in [0.5, 0.6) is 0 Å². The van der Waals surface area contributed by atoms with Gasteiger partial charge in [-0.3, -0.25) is 4.40 Å². The number of imidazole rings is 1. The summed E-state index contributed by atoms with van der Waals surface area (Å²) in [6.07, 6.45) is 4.17. The predicted molar refractivity (Wildman–Crippen MR) is 62.7 cm³/mol. The number of hydrogen-bond donors (Lipinski definition) is 2. The number of aromatic amines is 1. The van der Waals surface area contributed by atoms with Crippen LogP contribution in [-0.4, -0.2) is 42.6 Å². The number of fused-ring (bicyclic) bond motifs is 3. The van der Waals surface area contributed by atoms with Gasteiger partial charge in [0.15, 0.2) is 11.3 Å². The molecule has 3 rings (SSSR count). The summed E-state index contributed by atoms with van der Waals surface area (Å²) in [6.45, 7) is 3.93. The van der Waals surface area contributed by atoms with Crippen molar-refractivity contribution in [1.82, 2.24) is 34.9 Å². The zero-order valence-corrected chi connectivity index (χ0v) is 9.51. The van der Waals surface area contributed by atoms with Crippen molar-refractivity contribution in [2.24, 2.45) is 0 Å². The third-order valence-electron chi connectivity index (χ3n) is 2.68. The molecule has 3 heterocycles. The number of hydrogen-bond acceptors (Lipinski definition) is 5. The van der Waals surface area contributed by atoms with Crippen molar-refractivity contribution in [3.05, 3.63) is 18.5 Å². The van der Waals surface area contributed by atoms with E-state index in [9.17, 15) is 0 Å². The number of H-pyrrole nitrogens is 1. The Hall–Kier alpha value is -2.02. The van der Waals surface area contributed by atoms with Gasteiger partial charge < -0.3 is 10.3 Å². The standard InChI is InChI=1S/C10H13N7/c1-2-11-4-3-7-15-16-10-8-9(13-5-12-8)14-6-17(7)10/h5-6,11H,2-4H2,1H3,(H,12,13). The van der Waals surface area contributed by atoms with Crippen LogP contribution in [0.15, 0.2) is 12.7 Å². The molecule has 17 heavy (non-hydrogen) atoms. The molecule has 7 nitrogen and oxygen atoms in total. The second kappa shape index (κ2) is 4.10. The average molecular weight is 231 g/mol. The van der Waals surface area contributed by atoms with Crippen molar-refractivity contribution in [3.8, 4) is 0 Å². The number of aromatic nitrogens is 6. The highest BCUT2D eigenvalue weighted by Crippen LogP contribution is 2.12. The molecule has 0 saturated carbocycles. The Morgan fingerprint density at radius 2 is 2.29 bits per heavy atom. The van der Waals surface area contributed by atoms with E-state index in [-0.39, 0.29) is 0 Å². The molecule has 3 aromatic rings. The fourth-order valence-corrected chi connectivity index (χ4v) is 1.82. The molecule has 0 unspecified atom stereocenters. The van der Waals surface area contributed by atoms with Gasteiger partial charge in [0.05, 0.1) is 6.33 Å². The molecule has 0 atom stereocenters. The lowest BCUT2D eigenvalue weighted by molar-refractivity contribution is 0.691. The smallest absolute Gasteiger partial charge is 0.189 e. The first-order valence-electron chi connectivity index (χ1n) is 5.62. The minimum atomic E-state index is 0.670. The SMILES string of the molecule is CCNCCc1nnc2c3[nH]cnc3ncn12. The molecule has 0 radical (unpaired) electrons. The number of nitrogens with zero attached hydrogens (tertiary/aromatic N) is 5. The zero-order chi connectivity index (χ0) is 11.7. The molecule has 0 aliphatic heterocycles. The monoisotopic (exact) mass is 231 g/mol. The maximum atomic E-state index is 4.25. The summed E-state index contributed by atoms with van der Waals surface area (Å²) in [4.78, 5) is 11.4. The number of likely N-dealkylation sites (N-methyl/N-ethyl adjacent to an activating group) is 1. The Balaban J connectivity index is 2.03. The molecule has 0 spiro atoms. The van der Waals surface area contributed by atoms with Gasteiger partial charge >= 0.3 is 0 Å². The molecule has 0 aromatic carbocycles. The summed E-state index contributed by atoms with van der Waals surface area (Å²) >= 11 is 0. The zero-order valence-electron chi connectivity index (χ0n) is 9.51. The maximum absolute atomic E-state index is 4.25. The highest BCUT2D eigenvalue weighted by atomic mass is 15.3. The van der Waals surface area contributed by atoms with Gasteiger partial charge in [0.1, 0.15) is 17.7 Å². The van der Waals surface area contributed by atoms with Crippen LogP contribution < -0.4 is 5.32 Å². The molecule has 7 heteroatoms. The molecule has 3 aromatic heterocycles. The Bertz CT molecular complexity index is 638. The van der Waals surface area contributed by atoms with E-state index in [4.69, 9.17) is 0 Å². The summed E-state index contributed by atoms with van der Waals surface area (Å²) in [6, 6.07) is 0. The van der Waals surface area contributed by atoms with Crippen molar-refractivity contribution in [2.45, 2.75) is 13.3 Å². The predicted octanol–water partition coefficient (Wildman–Crippen LogP) is 0.153. The van der Waals surface area contributed by atoms with Crippen LogP contribution in [0.3, 0.4) is 0 Å². The van der Waals surface area contributed by atoms with E-state index in [1.54, 1.807) is 12.7 Å². The molecule has 0 amide bonds. The van der Waals surface area contributed by atoms with Gasteiger partial charge in [-0.05, 0) is 6.54 Å². The normalized spacial score (nSPS) is 11.6. The average Bonchev–Trinajstić information content (AvgIpc) is 2.94. The maximum Gasteiger partial charge on any atom is 0.189 e. The summed E-state index contributed by atoms with van der Waals surface area (Å²) in [5, 5.41) is 11.6. The van der Waals surface area contributed by atoms with Crippen LogP contribution in [0.25, 0.3) is 16.8 Å². The van der Waals surface area contributed by atoms with Crippen LogP contribution in [-0.2, 0) is 6.42 Å². The first kappa shape index (κ1) is 10.2. The molecule has 0 aliphatic rings. The van der Waals surface area contributed by atoms with Crippen LogP contribution in [0.2, 0.25) is 0 Å². The quantitative estimate of drug-likeness (QED) is 0.624. The van der Waals surface area contributed by atoms with Gasteiger partial charge in [-0.2, -0.15) is 0 Å². The highest BCUT2D eigenvalue weighted by molar-refractivity contribution is 5.84. The van der Waals surface area contributed by atoms with Gasteiger partial charge in [0, 0.05) is 13.0 Å². The topological polar surface area (TPSA) is 83.8 Å². The van der Waals surface area contributed by atoms with Gasteiger partial charge in [-0.25, -0.2) is 9.97 Å². The molecular formula is C10H13N7. The molecule has 2 N–H and O–H groups in total. The fourth-order valence-electron chi connectivity index (χ4n) is 1.82. The Labute approximate surface area is 97.3 Å². The summed E-state index contributed by atoms with van der Waals surface area (Å²) in [5.74, 6) is 0.907. The summed E-state index contributed by atoms with van der Waals surface area (Å²) in [7, 11) is 0. The Kier molecular flexibility index (Phi) is 2.45. The van der Waals surface area contributed by atoms with Crippen molar-refractivity contribution in [3.63, 3.8) is 0 Å². The third-order valence-corrected chi connectivity index (χ3v) is 2.68. The molecule has 0 bridgehead atoms. The Morgan fingerprint density at radius 1 is 1.35 bits per heavy atom. The van der Waals surface area contributed by atoms with Crippen LogP contribution in [0.1, 0.15) is 12.7 Å². The van der Waals surface area contributed by atoms with Gasteiger partial charge in [0.25, 0.3) is 0 Å². The first-order chi connectivity index (χ1) is 8.40. The third kappa shape index (κ3) is 1.64. The Morgan fingerprint density at radius 3 is 3.18 bits per heavy atom. The summed E-state index contributed by atoms with van der Waals surface area (Å²) < 4.78 is 1.90. The number of rotatable bonds is 4. The van der Waals surface area contributed by atoms with Crippen molar-refractivity contribution >= 4 is 16.8 Å². The van der Waals surface area contributed by atoms with E-state index in [0.717, 1.165) is 36.5 Å². The van der Waals surface area contributed by atoms with Crippen LogP contribution in [0.4, 0.5) is 0 Å². The van der Waals surface area contributed by atoms with E-state index in [1.807, 2.05) is 4.40 Å².